The molecular weight excluding hydrogens is 277 g/mol. The van der Waals surface area contributed by atoms with Gasteiger partial charge in [0.25, 0.3) is 0 Å². The number of nitrogens with one attached hydrogen (secondary N) is 1. The molecule has 1 aromatic carbocycles. The van der Waals surface area contributed by atoms with Crippen molar-refractivity contribution in [2.45, 2.75) is 6.18 Å². The zero-order valence-electron chi connectivity index (χ0n) is 9.62. The van der Waals surface area contributed by atoms with Gasteiger partial charge >= 0.3 is 6.18 Å². The first-order chi connectivity index (χ1) is 8.92. The van der Waals surface area contributed by atoms with Crippen molar-refractivity contribution >= 4 is 22.6 Å². The van der Waals surface area contributed by atoms with E-state index in [-0.39, 0.29) is 10.9 Å². The van der Waals surface area contributed by atoms with E-state index in [4.69, 9.17) is 10.5 Å². The van der Waals surface area contributed by atoms with Gasteiger partial charge < -0.3 is 0 Å². The minimum atomic E-state index is -4.63. The molecule has 4 nitrogen and oxygen atoms in total. The normalized spacial score (nSPS) is 11.6. The van der Waals surface area contributed by atoms with Crippen LogP contribution in [0.4, 0.5) is 18.9 Å². The van der Waals surface area contributed by atoms with Gasteiger partial charge in [0.2, 0.25) is 0 Å². The fraction of sp³-hybridized carbons (Fsp3) is 0.182. The SMILES string of the molecule is CSC(=Nc1ccc(C#N)c(C(F)(F)F)c1)NC#N. The standard InChI is InChI=1S/C11H7F3N4S/c1-19-10(17-6-16)18-8-3-2-7(5-15)9(4-8)11(12,13)14/h2-4H,1H3,(H,17,18). The summed E-state index contributed by atoms with van der Waals surface area (Å²) in [5.74, 6) is 0. The lowest BCUT2D eigenvalue weighted by atomic mass is 10.1. The predicted molar refractivity (Wildman–Crippen MR) is 65.5 cm³/mol. The number of nitriles is 2. The summed E-state index contributed by atoms with van der Waals surface area (Å²) < 4.78 is 38.1. The molecule has 0 fully saturated rings. The summed E-state index contributed by atoms with van der Waals surface area (Å²) in [7, 11) is 0. The summed E-state index contributed by atoms with van der Waals surface area (Å²) >= 11 is 1.08. The highest BCUT2D eigenvalue weighted by molar-refractivity contribution is 8.13. The number of amidine groups is 1. The number of nitrogens with zero attached hydrogens (tertiary/aromatic N) is 3. The Bertz CT molecular complexity index is 581. The largest absolute Gasteiger partial charge is 0.417 e. The van der Waals surface area contributed by atoms with Crippen molar-refractivity contribution in [3.8, 4) is 12.3 Å². The Morgan fingerprint density at radius 3 is 2.53 bits per heavy atom. The van der Waals surface area contributed by atoms with Gasteiger partial charge in [0.15, 0.2) is 11.4 Å². The maximum atomic E-state index is 12.7. The quantitative estimate of drug-likeness (QED) is 0.372. The van der Waals surface area contributed by atoms with Gasteiger partial charge in [0, 0.05) is 0 Å². The third kappa shape index (κ3) is 3.90. The molecule has 19 heavy (non-hydrogen) atoms. The number of hydrogen-bond donors (Lipinski definition) is 1. The number of benzene rings is 1. The molecule has 0 aromatic heterocycles. The monoisotopic (exact) mass is 284 g/mol. The van der Waals surface area contributed by atoms with Crippen LogP contribution >= 0.6 is 11.8 Å². The van der Waals surface area contributed by atoms with E-state index in [0.29, 0.717) is 0 Å². The van der Waals surface area contributed by atoms with Crippen LogP contribution in [-0.2, 0) is 6.18 Å². The molecule has 0 saturated heterocycles. The van der Waals surface area contributed by atoms with Crippen LogP contribution < -0.4 is 5.32 Å². The van der Waals surface area contributed by atoms with E-state index < -0.39 is 17.3 Å². The van der Waals surface area contributed by atoms with E-state index in [0.717, 1.165) is 23.9 Å². The molecule has 98 valence electrons. The van der Waals surface area contributed by atoms with Gasteiger partial charge in [0.05, 0.1) is 22.9 Å². The number of thioether (sulfide) groups is 1. The summed E-state index contributed by atoms with van der Waals surface area (Å²) in [6, 6.07) is 4.58. The molecule has 8 heteroatoms. The Hall–Kier alpha value is -2.19. The molecule has 0 heterocycles. The summed E-state index contributed by atoms with van der Waals surface area (Å²) in [4.78, 5) is 3.85. The summed E-state index contributed by atoms with van der Waals surface area (Å²) in [5, 5.41) is 19.5. The molecular formula is C11H7F3N4S. The van der Waals surface area contributed by atoms with Crippen LogP contribution in [0.25, 0.3) is 0 Å². The second-order valence-corrected chi connectivity index (χ2v) is 3.99. The maximum absolute atomic E-state index is 12.7. The molecule has 0 aliphatic carbocycles. The second-order valence-electron chi connectivity index (χ2n) is 3.20. The van der Waals surface area contributed by atoms with Crippen molar-refractivity contribution < 1.29 is 13.2 Å². The van der Waals surface area contributed by atoms with E-state index in [1.165, 1.54) is 12.1 Å². The molecule has 0 atom stereocenters. The van der Waals surface area contributed by atoms with Crippen LogP contribution in [0.3, 0.4) is 0 Å². The zero-order chi connectivity index (χ0) is 14.5. The zero-order valence-corrected chi connectivity index (χ0v) is 10.4. The number of rotatable bonds is 1. The Kier molecular flexibility index (Phi) is 4.79. The molecule has 0 radical (unpaired) electrons. The molecule has 1 N–H and O–H groups in total. The van der Waals surface area contributed by atoms with Crippen molar-refractivity contribution in [3.05, 3.63) is 29.3 Å². The second kappa shape index (κ2) is 6.12. The Morgan fingerprint density at radius 1 is 1.37 bits per heavy atom. The maximum Gasteiger partial charge on any atom is 0.417 e. The molecule has 0 saturated carbocycles. The predicted octanol–water partition coefficient (Wildman–Crippen LogP) is 3.00. The average Bonchev–Trinajstić information content (AvgIpc) is 2.37. The van der Waals surface area contributed by atoms with Gasteiger partial charge in [-0.05, 0) is 24.5 Å². The molecule has 0 bridgehead atoms. The van der Waals surface area contributed by atoms with E-state index in [1.807, 2.05) is 0 Å². The van der Waals surface area contributed by atoms with Gasteiger partial charge in [-0.15, -0.1) is 0 Å². The van der Waals surface area contributed by atoms with Crippen LogP contribution in [0.2, 0.25) is 0 Å². The van der Waals surface area contributed by atoms with E-state index in [1.54, 1.807) is 12.4 Å². The molecule has 1 aromatic rings. The van der Waals surface area contributed by atoms with Crippen LogP contribution in [0.5, 0.6) is 0 Å². The van der Waals surface area contributed by atoms with Crippen molar-refractivity contribution in [1.82, 2.24) is 5.32 Å². The van der Waals surface area contributed by atoms with Gasteiger partial charge in [-0.25, -0.2) is 4.99 Å². The van der Waals surface area contributed by atoms with Gasteiger partial charge in [-0.2, -0.15) is 23.7 Å². The highest BCUT2D eigenvalue weighted by Crippen LogP contribution is 2.34. The van der Waals surface area contributed by atoms with E-state index >= 15 is 0 Å². The van der Waals surface area contributed by atoms with Crippen molar-refractivity contribution in [3.63, 3.8) is 0 Å². The number of halogens is 3. The van der Waals surface area contributed by atoms with Crippen LogP contribution in [-0.4, -0.2) is 11.4 Å². The first-order valence-electron chi connectivity index (χ1n) is 4.81. The van der Waals surface area contributed by atoms with Crippen molar-refractivity contribution in [1.29, 1.82) is 10.5 Å². The summed E-state index contributed by atoms with van der Waals surface area (Å²) in [6.07, 6.45) is -1.37. The topological polar surface area (TPSA) is 72.0 Å². The molecule has 0 aliphatic heterocycles. The van der Waals surface area contributed by atoms with Gasteiger partial charge in [-0.3, -0.25) is 5.32 Å². The van der Waals surface area contributed by atoms with Crippen LogP contribution in [0.1, 0.15) is 11.1 Å². The highest BCUT2D eigenvalue weighted by Gasteiger charge is 2.33. The molecule has 1 rings (SSSR count). The molecule has 0 aliphatic rings. The molecule has 0 unspecified atom stereocenters. The number of aliphatic imine (C=N–C) groups is 1. The fourth-order valence-corrected chi connectivity index (χ4v) is 1.57. The van der Waals surface area contributed by atoms with Crippen molar-refractivity contribution in [2.24, 2.45) is 4.99 Å². The Labute approximate surface area is 111 Å². The Balaban J connectivity index is 3.28. The minimum Gasteiger partial charge on any atom is -0.271 e. The van der Waals surface area contributed by atoms with Crippen molar-refractivity contribution in [2.75, 3.05) is 6.26 Å². The number of alkyl halides is 3. The van der Waals surface area contributed by atoms with Gasteiger partial charge in [-0.1, -0.05) is 11.8 Å². The lowest BCUT2D eigenvalue weighted by molar-refractivity contribution is -0.137. The third-order valence-electron chi connectivity index (χ3n) is 2.02. The van der Waals surface area contributed by atoms with Crippen LogP contribution in [0.15, 0.2) is 23.2 Å². The highest BCUT2D eigenvalue weighted by atomic mass is 32.2. The molecule has 0 amide bonds. The first-order valence-corrected chi connectivity index (χ1v) is 6.04. The van der Waals surface area contributed by atoms with E-state index in [9.17, 15) is 13.2 Å². The Morgan fingerprint density at radius 2 is 2.05 bits per heavy atom. The lowest BCUT2D eigenvalue weighted by Crippen LogP contribution is -2.12. The minimum absolute atomic E-state index is 0.0124. The number of hydrogen-bond acceptors (Lipinski definition) is 4. The summed E-state index contributed by atoms with van der Waals surface area (Å²) in [6.45, 7) is 0. The molecule has 0 spiro atoms. The first kappa shape index (κ1) is 14.9. The fourth-order valence-electron chi connectivity index (χ4n) is 1.22. The smallest absolute Gasteiger partial charge is 0.271 e. The van der Waals surface area contributed by atoms with Crippen LogP contribution in [0, 0.1) is 22.8 Å². The average molecular weight is 284 g/mol. The summed E-state index contributed by atoms with van der Waals surface area (Å²) in [5.41, 5.74) is -1.50. The third-order valence-corrected chi connectivity index (χ3v) is 2.60. The van der Waals surface area contributed by atoms with Gasteiger partial charge in [0.1, 0.15) is 0 Å². The lowest BCUT2D eigenvalue weighted by Gasteiger charge is -2.09. The van der Waals surface area contributed by atoms with E-state index in [2.05, 4.69) is 10.3 Å².